The highest BCUT2D eigenvalue weighted by molar-refractivity contribution is 7.99. The molecule has 3 heteroatoms. The maximum atomic E-state index is 5.28. The van der Waals surface area contributed by atoms with Gasteiger partial charge in [-0.1, -0.05) is 23.9 Å². The average molecular weight is 299 g/mol. The van der Waals surface area contributed by atoms with E-state index in [-0.39, 0.29) is 0 Å². The molecule has 0 spiro atoms. The fourth-order valence-electron chi connectivity index (χ4n) is 2.89. The largest absolute Gasteiger partial charge is 0.497 e. The lowest BCUT2D eigenvalue weighted by atomic mass is 9.94. The summed E-state index contributed by atoms with van der Waals surface area (Å²) < 4.78 is 5.28. The first-order valence-electron chi connectivity index (χ1n) is 7.39. The van der Waals surface area contributed by atoms with Crippen molar-refractivity contribution in [2.45, 2.75) is 29.1 Å². The molecule has 21 heavy (non-hydrogen) atoms. The molecule has 0 radical (unpaired) electrons. The van der Waals surface area contributed by atoms with Crippen LogP contribution in [0.25, 0.3) is 0 Å². The quantitative estimate of drug-likeness (QED) is 0.913. The highest BCUT2D eigenvalue weighted by Gasteiger charge is 2.18. The third-order valence-corrected chi connectivity index (χ3v) is 5.00. The molecule has 0 bridgehead atoms. The number of ether oxygens (including phenoxy) is 1. The Morgan fingerprint density at radius 1 is 1.14 bits per heavy atom. The predicted molar refractivity (Wildman–Crippen MR) is 88.5 cm³/mol. The molecule has 1 saturated heterocycles. The summed E-state index contributed by atoms with van der Waals surface area (Å²) in [6, 6.07) is 15.1. The van der Waals surface area contributed by atoms with Crippen molar-refractivity contribution in [3.63, 3.8) is 0 Å². The summed E-state index contributed by atoms with van der Waals surface area (Å²) in [4.78, 5) is 2.50. The molecular weight excluding hydrogens is 278 g/mol. The van der Waals surface area contributed by atoms with Crippen LogP contribution in [0, 0.1) is 6.92 Å². The molecule has 1 aliphatic heterocycles. The number of hydrogen-bond donors (Lipinski definition) is 1. The van der Waals surface area contributed by atoms with E-state index >= 15 is 0 Å². The number of rotatable bonds is 4. The van der Waals surface area contributed by atoms with E-state index in [1.165, 1.54) is 27.3 Å². The van der Waals surface area contributed by atoms with Crippen LogP contribution in [0.2, 0.25) is 0 Å². The molecule has 2 nitrogen and oxygen atoms in total. The van der Waals surface area contributed by atoms with Gasteiger partial charge < -0.3 is 10.1 Å². The Labute approximate surface area is 130 Å². The zero-order valence-corrected chi connectivity index (χ0v) is 13.4. The van der Waals surface area contributed by atoms with Gasteiger partial charge in [-0.25, -0.2) is 0 Å². The van der Waals surface area contributed by atoms with E-state index in [0.717, 1.165) is 18.8 Å². The molecular formula is C18H21NOS. The summed E-state index contributed by atoms with van der Waals surface area (Å²) in [7, 11) is 1.71. The van der Waals surface area contributed by atoms with Gasteiger partial charge in [-0.3, -0.25) is 0 Å². The normalized spacial score (nSPS) is 17.9. The number of hydrogen-bond acceptors (Lipinski definition) is 3. The van der Waals surface area contributed by atoms with Crippen molar-refractivity contribution in [1.82, 2.24) is 5.32 Å². The zero-order valence-electron chi connectivity index (χ0n) is 12.6. The molecule has 1 atom stereocenters. The van der Waals surface area contributed by atoms with Crippen LogP contribution in [0.4, 0.5) is 0 Å². The molecule has 1 unspecified atom stereocenters. The third-order valence-electron chi connectivity index (χ3n) is 4.02. The highest BCUT2D eigenvalue weighted by Crippen LogP contribution is 2.33. The molecule has 3 rings (SSSR count). The molecule has 1 N–H and O–H groups in total. The van der Waals surface area contributed by atoms with Crippen molar-refractivity contribution in [2.24, 2.45) is 0 Å². The van der Waals surface area contributed by atoms with E-state index < -0.39 is 0 Å². The van der Waals surface area contributed by atoms with Gasteiger partial charge in [0.05, 0.1) is 7.11 Å². The van der Waals surface area contributed by atoms with Gasteiger partial charge in [0, 0.05) is 16.3 Å². The minimum atomic E-state index is 0.681. The number of nitrogens with one attached hydrogen (secondary N) is 1. The molecule has 110 valence electrons. The molecule has 0 saturated carbocycles. The summed E-state index contributed by atoms with van der Waals surface area (Å²) in [5.74, 6) is 1.59. The Balaban J connectivity index is 1.78. The zero-order chi connectivity index (χ0) is 14.7. The van der Waals surface area contributed by atoms with Crippen molar-refractivity contribution in [3.05, 3.63) is 53.6 Å². The van der Waals surface area contributed by atoms with Crippen LogP contribution < -0.4 is 10.1 Å². The lowest BCUT2D eigenvalue weighted by Crippen LogP contribution is -2.08. The minimum Gasteiger partial charge on any atom is -0.497 e. The van der Waals surface area contributed by atoms with Crippen LogP contribution in [0.15, 0.2) is 52.3 Å². The van der Waals surface area contributed by atoms with E-state index in [9.17, 15) is 0 Å². The Morgan fingerprint density at radius 2 is 2.00 bits per heavy atom. The third kappa shape index (κ3) is 3.42. The van der Waals surface area contributed by atoms with Crippen LogP contribution in [-0.2, 0) is 0 Å². The Kier molecular flexibility index (Phi) is 4.51. The van der Waals surface area contributed by atoms with Crippen LogP contribution >= 0.6 is 11.8 Å². The second-order valence-corrected chi connectivity index (χ2v) is 6.64. The maximum Gasteiger partial charge on any atom is 0.119 e. The van der Waals surface area contributed by atoms with E-state index in [1.54, 1.807) is 18.9 Å². The van der Waals surface area contributed by atoms with Gasteiger partial charge in [-0.15, -0.1) is 0 Å². The lowest BCUT2D eigenvalue weighted by Gasteiger charge is -2.14. The Bertz CT molecular complexity index is 620. The number of methoxy groups -OCH3 is 1. The fourth-order valence-corrected chi connectivity index (χ4v) is 3.86. The van der Waals surface area contributed by atoms with Gasteiger partial charge in [0.25, 0.3) is 0 Å². The summed E-state index contributed by atoms with van der Waals surface area (Å²) in [5, 5.41) is 3.45. The van der Waals surface area contributed by atoms with Crippen molar-refractivity contribution in [1.29, 1.82) is 0 Å². The van der Waals surface area contributed by atoms with Gasteiger partial charge >= 0.3 is 0 Å². The Hall–Kier alpha value is -1.45. The first-order chi connectivity index (χ1) is 10.3. The molecule has 1 aliphatic rings. The van der Waals surface area contributed by atoms with Gasteiger partial charge in [-0.2, -0.15) is 0 Å². The summed E-state index contributed by atoms with van der Waals surface area (Å²) in [6.07, 6.45) is 1.25. The van der Waals surface area contributed by atoms with Crippen molar-refractivity contribution in [3.8, 4) is 5.75 Å². The van der Waals surface area contributed by atoms with Gasteiger partial charge in [0.1, 0.15) is 5.75 Å². The first kappa shape index (κ1) is 14.5. The summed E-state index contributed by atoms with van der Waals surface area (Å²) in [6.45, 7) is 4.48. The van der Waals surface area contributed by atoms with E-state index in [1.807, 2.05) is 12.1 Å². The second-order valence-electron chi connectivity index (χ2n) is 5.49. The van der Waals surface area contributed by atoms with Gasteiger partial charge in [0.15, 0.2) is 0 Å². The lowest BCUT2D eigenvalue weighted by molar-refractivity contribution is 0.413. The van der Waals surface area contributed by atoms with Crippen molar-refractivity contribution in [2.75, 3.05) is 20.2 Å². The van der Waals surface area contributed by atoms with Gasteiger partial charge in [0.2, 0.25) is 0 Å². The van der Waals surface area contributed by atoms with Crippen molar-refractivity contribution < 1.29 is 4.74 Å². The smallest absolute Gasteiger partial charge is 0.119 e. The molecule has 1 heterocycles. The molecule has 2 aromatic carbocycles. The molecule has 0 amide bonds. The monoisotopic (exact) mass is 299 g/mol. The highest BCUT2D eigenvalue weighted by atomic mass is 32.2. The Morgan fingerprint density at radius 3 is 2.71 bits per heavy atom. The molecule has 1 fully saturated rings. The van der Waals surface area contributed by atoms with Crippen LogP contribution in [0.3, 0.4) is 0 Å². The average Bonchev–Trinajstić information content (AvgIpc) is 3.01. The van der Waals surface area contributed by atoms with E-state index in [2.05, 4.69) is 42.6 Å². The first-order valence-corrected chi connectivity index (χ1v) is 8.21. The number of aryl methyl sites for hydroxylation is 1. The SMILES string of the molecule is COc1cccc(Sc2ccc(C3CCNC3)c(C)c2)c1. The van der Waals surface area contributed by atoms with Crippen molar-refractivity contribution >= 4 is 11.8 Å². The van der Waals surface area contributed by atoms with Crippen LogP contribution in [-0.4, -0.2) is 20.2 Å². The molecule has 0 aromatic heterocycles. The molecule has 0 aliphatic carbocycles. The summed E-state index contributed by atoms with van der Waals surface area (Å²) in [5.41, 5.74) is 2.89. The van der Waals surface area contributed by atoms with E-state index in [4.69, 9.17) is 4.74 Å². The minimum absolute atomic E-state index is 0.681. The standard InChI is InChI=1S/C18H21NOS/c1-13-10-17(6-7-18(13)14-8-9-19-12-14)21-16-5-3-4-15(11-16)20-2/h3-7,10-11,14,19H,8-9,12H2,1-2H3. The summed E-state index contributed by atoms with van der Waals surface area (Å²) >= 11 is 1.79. The molecule has 2 aromatic rings. The fraction of sp³-hybridized carbons (Fsp3) is 0.333. The predicted octanol–water partition coefficient (Wildman–Crippen LogP) is 4.23. The van der Waals surface area contributed by atoms with E-state index in [0.29, 0.717) is 5.92 Å². The van der Waals surface area contributed by atoms with Crippen LogP contribution in [0.1, 0.15) is 23.5 Å². The number of benzene rings is 2. The second kappa shape index (κ2) is 6.54. The van der Waals surface area contributed by atoms with Gasteiger partial charge in [-0.05, 0) is 67.3 Å². The topological polar surface area (TPSA) is 21.3 Å². The maximum absolute atomic E-state index is 5.28. The van der Waals surface area contributed by atoms with Crippen LogP contribution in [0.5, 0.6) is 5.75 Å².